The molecule has 3 aromatic rings. The predicted octanol–water partition coefficient (Wildman–Crippen LogP) is 5.02. The summed E-state index contributed by atoms with van der Waals surface area (Å²) in [7, 11) is 1.67. The molecular weight excluding hydrogens is 446 g/mol. The van der Waals surface area contributed by atoms with Gasteiger partial charge in [-0.1, -0.05) is 23.0 Å². The van der Waals surface area contributed by atoms with E-state index >= 15 is 0 Å². The van der Waals surface area contributed by atoms with Crippen LogP contribution in [-0.4, -0.2) is 47.4 Å². The fourth-order valence-corrected chi connectivity index (χ4v) is 5.97. The van der Waals surface area contributed by atoms with Crippen LogP contribution in [0.5, 0.6) is 5.75 Å². The number of thiazole rings is 1. The number of ether oxygens (including phenoxy) is 1. The zero-order valence-electron chi connectivity index (χ0n) is 20.0. The lowest BCUT2D eigenvalue weighted by atomic mass is 9.96. The number of fused-ring (bicyclic) bond motifs is 1. The van der Waals surface area contributed by atoms with E-state index in [9.17, 15) is 4.79 Å². The van der Waals surface area contributed by atoms with Gasteiger partial charge in [0.15, 0.2) is 10.8 Å². The van der Waals surface area contributed by atoms with Gasteiger partial charge in [-0.25, -0.2) is 4.68 Å². The van der Waals surface area contributed by atoms with Gasteiger partial charge in [-0.3, -0.25) is 4.79 Å². The molecule has 0 bridgehead atoms. The lowest BCUT2D eigenvalue weighted by Gasteiger charge is -2.31. The number of aryl methyl sites for hydroxylation is 1. The van der Waals surface area contributed by atoms with E-state index in [-0.39, 0.29) is 11.8 Å². The average Bonchev–Trinajstić information content (AvgIpc) is 3.45. The standard InChI is InChI=1S/C26H33N5O2S/c1-18-23-24(31(29-18)21-10-12-22(33-2)13-11-21)28-26(34-23)30-16-6-9-20(17-30)25(32)27-15-14-19-7-4-3-5-8-19/h7,10-13,20H,3-6,8-9,14-17H2,1-2H3,(H,27,32). The highest BCUT2D eigenvalue weighted by atomic mass is 32.1. The fraction of sp³-hybridized carbons (Fsp3) is 0.500. The number of nitrogens with one attached hydrogen (secondary N) is 1. The van der Waals surface area contributed by atoms with Crippen LogP contribution in [0.15, 0.2) is 35.9 Å². The molecule has 0 radical (unpaired) electrons. The summed E-state index contributed by atoms with van der Waals surface area (Å²) in [6.07, 6.45) is 10.3. The van der Waals surface area contributed by atoms with Gasteiger partial charge in [0.1, 0.15) is 5.75 Å². The SMILES string of the molecule is COc1ccc(-n2nc(C)c3sc(N4CCCC(C(=O)NCCC5=CCCCC5)C4)nc32)cc1. The maximum atomic E-state index is 12.9. The number of aromatic nitrogens is 3. The van der Waals surface area contributed by atoms with E-state index in [1.165, 1.54) is 31.3 Å². The minimum Gasteiger partial charge on any atom is -0.497 e. The first-order chi connectivity index (χ1) is 16.6. The van der Waals surface area contributed by atoms with Crippen LogP contribution < -0.4 is 15.0 Å². The molecule has 7 nitrogen and oxygen atoms in total. The van der Waals surface area contributed by atoms with Gasteiger partial charge in [0, 0.05) is 19.6 Å². The van der Waals surface area contributed by atoms with Crippen molar-refractivity contribution < 1.29 is 9.53 Å². The van der Waals surface area contributed by atoms with E-state index in [0.717, 1.165) is 71.5 Å². The van der Waals surface area contributed by atoms with Gasteiger partial charge in [-0.15, -0.1) is 0 Å². The highest BCUT2D eigenvalue weighted by Gasteiger charge is 2.28. The van der Waals surface area contributed by atoms with Gasteiger partial charge in [0.05, 0.1) is 29.1 Å². The van der Waals surface area contributed by atoms with Crippen molar-refractivity contribution in [3.05, 3.63) is 41.6 Å². The molecule has 1 aromatic carbocycles. The lowest BCUT2D eigenvalue weighted by molar-refractivity contribution is -0.125. The van der Waals surface area contributed by atoms with Gasteiger partial charge in [-0.2, -0.15) is 10.1 Å². The fourth-order valence-electron chi connectivity index (χ4n) is 4.95. The summed E-state index contributed by atoms with van der Waals surface area (Å²) in [5, 5.41) is 8.88. The smallest absolute Gasteiger partial charge is 0.224 e. The summed E-state index contributed by atoms with van der Waals surface area (Å²) >= 11 is 1.67. The Morgan fingerprint density at radius 2 is 2.09 bits per heavy atom. The lowest BCUT2D eigenvalue weighted by Crippen LogP contribution is -2.43. The first-order valence-electron chi connectivity index (χ1n) is 12.3. The molecule has 180 valence electrons. The van der Waals surface area contributed by atoms with Crippen LogP contribution in [0.2, 0.25) is 0 Å². The van der Waals surface area contributed by atoms with Crippen LogP contribution in [0.4, 0.5) is 5.13 Å². The highest BCUT2D eigenvalue weighted by molar-refractivity contribution is 7.22. The number of amides is 1. The first kappa shape index (κ1) is 22.9. The number of carbonyl (C=O) groups excluding carboxylic acids is 1. The Bertz CT molecular complexity index is 1180. The van der Waals surface area contributed by atoms with Crippen molar-refractivity contribution in [2.45, 2.75) is 51.9 Å². The molecule has 1 saturated heterocycles. The molecule has 8 heteroatoms. The van der Waals surface area contributed by atoms with Crippen molar-refractivity contribution >= 4 is 32.7 Å². The summed E-state index contributed by atoms with van der Waals surface area (Å²) < 4.78 is 8.28. The normalized spacial score (nSPS) is 18.7. The first-order valence-corrected chi connectivity index (χ1v) is 13.1. The minimum atomic E-state index is 0.0141. The number of methoxy groups -OCH3 is 1. The minimum absolute atomic E-state index is 0.0141. The Balaban J connectivity index is 1.26. The van der Waals surface area contributed by atoms with E-state index in [0.29, 0.717) is 0 Å². The van der Waals surface area contributed by atoms with Crippen LogP contribution in [0.3, 0.4) is 0 Å². The summed E-state index contributed by atoms with van der Waals surface area (Å²) in [4.78, 5) is 20.1. The van der Waals surface area contributed by atoms with E-state index in [1.54, 1.807) is 18.4 Å². The van der Waals surface area contributed by atoms with Gasteiger partial charge in [-0.05, 0) is 76.1 Å². The quantitative estimate of drug-likeness (QED) is 0.482. The second-order valence-corrected chi connectivity index (χ2v) is 10.3. The molecule has 5 rings (SSSR count). The van der Waals surface area contributed by atoms with Crippen molar-refractivity contribution in [3.63, 3.8) is 0 Å². The number of hydrogen-bond donors (Lipinski definition) is 1. The van der Waals surface area contributed by atoms with Crippen molar-refractivity contribution in [3.8, 4) is 11.4 Å². The summed E-state index contributed by atoms with van der Waals surface area (Å²) in [6, 6.07) is 7.86. The third-order valence-electron chi connectivity index (χ3n) is 6.89. The Kier molecular flexibility index (Phi) is 6.85. The molecule has 0 spiro atoms. The Morgan fingerprint density at radius 1 is 1.24 bits per heavy atom. The van der Waals surface area contributed by atoms with Crippen LogP contribution in [0, 0.1) is 12.8 Å². The molecule has 34 heavy (non-hydrogen) atoms. The number of rotatable bonds is 7. The molecule has 3 heterocycles. The third kappa shape index (κ3) is 4.82. The Hall–Kier alpha value is -2.87. The van der Waals surface area contributed by atoms with Crippen molar-refractivity contribution in [2.75, 3.05) is 31.6 Å². The largest absolute Gasteiger partial charge is 0.497 e. The second kappa shape index (κ2) is 10.2. The molecule has 1 unspecified atom stereocenters. The average molecular weight is 480 g/mol. The second-order valence-electron chi connectivity index (χ2n) is 9.28. The van der Waals surface area contributed by atoms with Crippen molar-refractivity contribution in [1.82, 2.24) is 20.1 Å². The number of carbonyl (C=O) groups is 1. The Morgan fingerprint density at radius 3 is 2.85 bits per heavy atom. The monoisotopic (exact) mass is 479 g/mol. The maximum Gasteiger partial charge on any atom is 0.224 e. The van der Waals surface area contributed by atoms with E-state index in [4.69, 9.17) is 14.8 Å². The molecule has 1 atom stereocenters. The molecule has 1 amide bonds. The summed E-state index contributed by atoms with van der Waals surface area (Å²) in [5.41, 5.74) is 4.31. The number of hydrogen-bond acceptors (Lipinski definition) is 6. The molecule has 2 aromatic heterocycles. The molecule has 1 aliphatic heterocycles. The zero-order chi connectivity index (χ0) is 23.5. The van der Waals surface area contributed by atoms with Gasteiger partial charge < -0.3 is 15.0 Å². The molecular formula is C26H33N5O2S. The van der Waals surface area contributed by atoms with Crippen LogP contribution in [0.25, 0.3) is 16.0 Å². The van der Waals surface area contributed by atoms with Crippen LogP contribution >= 0.6 is 11.3 Å². The summed E-state index contributed by atoms with van der Waals surface area (Å²) in [6.45, 7) is 4.43. The zero-order valence-corrected chi connectivity index (χ0v) is 20.9. The van der Waals surface area contributed by atoms with Gasteiger partial charge in [0.2, 0.25) is 5.91 Å². The van der Waals surface area contributed by atoms with Crippen molar-refractivity contribution in [2.24, 2.45) is 5.92 Å². The molecule has 1 fully saturated rings. The molecule has 1 aliphatic carbocycles. The van der Waals surface area contributed by atoms with Gasteiger partial charge in [0.25, 0.3) is 0 Å². The number of allylic oxidation sites excluding steroid dienone is 1. The maximum absolute atomic E-state index is 12.9. The highest BCUT2D eigenvalue weighted by Crippen LogP contribution is 2.34. The van der Waals surface area contributed by atoms with Crippen molar-refractivity contribution in [1.29, 1.82) is 0 Å². The third-order valence-corrected chi connectivity index (χ3v) is 8.10. The number of nitrogens with zero attached hydrogens (tertiary/aromatic N) is 4. The van der Waals surface area contributed by atoms with E-state index in [1.807, 2.05) is 35.9 Å². The summed E-state index contributed by atoms with van der Waals surface area (Å²) in [5.74, 6) is 1.01. The van der Waals surface area contributed by atoms with Crippen LogP contribution in [0.1, 0.15) is 50.6 Å². The molecule has 1 N–H and O–H groups in total. The Labute approximate surface area is 204 Å². The van der Waals surface area contributed by atoms with E-state index in [2.05, 4.69) is 16.3 Å². The molecule has 0 saturated carbocycles. The number of benzene rings is 1. The number of anilines is 1. The topological polar surface area (TPSA) is 72.3 Å². The predicted molar refractivity (Wildman–Crippen MR) is 137 cm³/mol. The van der Waals surface area contributed by atoms with Gasteiger partial charge >= 0.3 is 0 Å². The number of piperidine rings is 1. The van der Waals surface area contributed by atoms with E-state index < -0.39 is 0 Å². The van der Waals surface area contributed by atoms with Crippen LogP contribution in [-0.2, 0) is 4.79 Å². The molecule has 2 aliphatic rings.